The predicted octanol–water partition coefficient (Wildman–Crippen LogP) is 1.31. The molecule has 2 aromatic heterocycles. The molecule has 0 aliphatic carbocycles. The van der Waals surface area contributed by atoms with Crippen LogP contribution in [0.25, 0.3) is 11.3 Å². The number of hydrogen-bond acceptors (Lipinski definition) is 3. The smallest absolute Gasteiger partial charge is 0.109 e. The molecule has 4 nitrogen and oxygen atoms in total. The highest BCUT2D eigenvalue weighted by Crippen LogP contribution is 2.19. The van der Waals surface area contributed by atoms with Crippen LogP contribution in [0.4, 0.5) is 0 Å². The quantitative estimate of drug-likeness (QED) is 0.790. The van der Waals surface area contributed by atoms with Crippen molar-refractivity contribution >= 4 is 0 Å². The van der Waals surface area contributed by atoms with Crippen LogP contribution in [0.1, 0.15) is 11.5 Å². The van der Waals surface area contributed by atoms with Gasteiger partial charge >= 0.3 is 0 Å². The summed E-state index contributed by atoms with van der Waals surface area (Å²) in [6.45, 7) is 2.09. The molecule has 2 N–H and O–H groups in total. The second-order valence-electron chi connectivity index (χ2n) is 3.37. The Morgan fingerprint density at radius 2 is 2.07 bits per heavy atom. The van der Waals surface area contributed by atoms with Gasteiger partial charge in [-0.05, 0) is 19.1 Å². The number of aryl methyl sites for hydroxylation is 1. The van der Waals surface area contributed by atoms with Gasteiger partial charge in [0.05, 0.1) is 12.3 Å². The van der Waals surface area contributed by atoms with Crippen molar-refractivity contribution in [3.63, 3.8) is 0 Å². The molecule has 2 aromatic rings. The third-order valence-electron chi connectivity index (χ3n) is 2.24. The van der Waals surface area contributed by atoms with E-state index in [0.717, 1.165) is 22.8 Å². The van der Waals surface area contributed by atoms with Crippen LogP contribution in [-0.4, -0.2) is 26.7 Å². The topological polar surface area (TPSA) is 61.8 Å². The normalized spacial score (nSPS) is 10.5. The molecule has 78 valence electrons. The third kappa shape index (κ3) is 2.05. The van der Waals surface area contributed by atoms with Crippen molar-refractivity contribution in [1.82, 2.24) is 15.0 Å². The first kappa shape index (κ1) is 9.86. The zero-order valence-electron chi connectivity index (χ0n) is 8.57. The van der Waals surface area contributed by atoms with Crippen molar-refractivity contribution in [2.75, 3.05) is 6.61 Å². The highest BCUT2D eigenvalue weighted by molar-refractivity contribution is 5.60. The number of aliphatic hydroxyl groups excluding tert-OH is 1. The Balaban J connectivity index is 2.36. The lowest BCUT2D eigenvalue weighted by Gasteiger charge is -1.95. The first-order valence-corrected chi connectivity index (χ1v) is 4.88. The Kier molecular flexibility index (Phi) is 2.78. The molecule has 0 aliphatic rings. The number of nitrogens with one attached hydrogen (secondary N) is 1. The van der Waals surface area contributed by atoms with Crippen LogP contribution >= 0.6 is 0 Å². The number of imidazole rings is 1. The van der Waals surface area contributed by atoms with Crippen LogP contribution in [0, 0.1) is 6.92 Å². The number of aromatic nitrogens is 3. The van der Waals surface area contributed by atoms with Crippen molar-refractivity contribution in [2.24, 2.45) is 0 Å². The van der Waals surface area contributed by atoms with Gasteiger partial charge in [0, 0.05) is 30.1 Å². The fourth-order valence-corrected chi connectivity index (χ4v) is 1.54. The summed E-state index contributed by atoms with van der Waals surface area (Å²) in [6, 6.07) is 3.85. The van der Waals surface area contributed by atoms with Crippen molar-refractivity contribution in [3.8, 4) is 11.3 Å². The molecule has 0 spiro atoms. The maximum absolute atomic E-state index is 8.82. The number of aliphatic hydroxyl groups is 1. The van der Waals surface area contributed by atoms with Gasteiger partial charge in [-0.15, -0.1) is 0 Å². The summed E-state index contributed by atoms with van der Waals surface area (Å²) in [6.07, 6.45) is 4.05. The molecule has 0 radical (unpaired) electrons. The van der Waals surface area contributed by atoms with Gasteiger partial charge in [-0.1, -0.05) is 0 Å². The lowest BCUT2D eigenvalue weighted by atomic mass is 10.2. The summed E-state index contributed by atoms with van der Waals surface area (Å²) in [7, 11) is 0. The van der Waals surface area contributed by atoms with E-state index < -0.39 is 0 Å². The van der Waals surface area contributed by atoms with Gasteiger partial charge in [0.15, 0.2) is 0 Å². The van der Waals surface area contributed by atoms with Crippen LogP contribution in [0.15, 0.2) is 24.5 Å². The molecule has 0 saturated heterocycles. The van der Waals surface area contributed by atoms with Gasteiger partial charge in [0.2, 0.25) is 0 Å². The Bertz CT molecular complexity index is 436. The summed E-state index contributed by atoms with van der Waals surface area (Å²) < 4.78 is 0. The van der Waals surface area contributed by atoms with Crippen LogP contribution in [0.5, 0.6) is 0 Å². The molecule has 0 bridgehead atoms. The number of nitrogens with zero attached hydrogens (tertiary/aromatic N) is 2. The monoisotopic (exact) mass is 203 g/mol. The van der Waals surface area contributed by atoms with Gasteiger partial charge in [0.1, 0.15) is 5.82 Å². The lowest BCUT2D eigenvalue weighted by molar-refractivity contribution is 0.297. The molecule has 0 aliphatic heterocycles. The maximum Gasteiger partial charge on any atom is 0.109 e. The van der Waals surface area contributed by atoms with E-state index in [1.54, 1.807) is 12.4 Å². The summed E-state index contributed by atoms with van der Waals surface area (Å²) in [5.41, 5.74) is 2.99. The third-order valence-corrected chi connectivity index (χ3v) is 2.24. The molecule has 2 heterocycles. The summed E-state index contributed by atoms with van der Waals surface area (Å²) in [5, 5.41) is 8.82. The van der Waals surface area contributed by atoms with E-state index in [1.165, 1.54) is 0 Å². The molecule has 0 fully saturated rings. The Labute approximate surface area is 88.0 Å². The van der Waals surface area contributed by atoms with E-state index >= 15 is 0 Å². The van der Waals surface area contributed by atoms with Crippen molar-refractivity contribution in [1.29, 1.82) is 0 Å². The molecule has 0 saturated carbocycles. The van der Waals surface area contributed by atoms with E-state index in [1.807, 2.05) is 19.1 Å². The minimum atomic E-state index is 0.114. The van der Waals surface area contributed by atoms with Crippen molar-refractivity contribution in [2.45, 2.75) is 13.3 Å². The average molecular weight is 203 g/mol. The summed E-state index contributed by atoms with van der Waals surface area (Å²) >= 11 is 0. The fraction of sp³-hybridized carbons (Fsp3) is 0.273. The van der Waals surface area contributed by atoms with E-state index in [4.69, 9.17) is 5.11 Å². The van der Waals surface area contributed by atoms with Crippen LogP contribution in [0.2, 0.25) is 0 Å². The zero-order chi connectivity index (χ0) is 10.7. The number of pyridine rings is 1. The second kappa shape index (κ2) is 4.23. The molecule has 4 heteroatoms. The molecule has 0 unspecified atom stereocenters. The molecule has 0 aromatic carbocycles. The molecular weight excluding hydrogens is 190 g/mol. The maximum atomic E-state index is 8.82. The van der Waals surface area contributed by atoms with Gasteiger partial charge in [-0.2, -0.15) is 0 Å². The Morgan fingerprint density at radius 3 is 2.73 bits per heavy atom. The van der Waals surface area contributed by atoms with Crippen LogP contribution < -0.4 is 0 Å². The Morgan fingerprint density at radius 1 is 1.33 bits per heavy atom. The fourth-order valence-electron chi connectivity index (χ4n) is 1.54. The first-order chi connectivity index (χ1) is 7.31. The molecule has 2 rings (SSSR count). The SMILES string of the molecule is Cc1[nH]c(CCO)nc1-c1ccncc1. The molecular formula is C11H13N3O. The van der Waals surface area contributed by atoms with Gasteiger partial charge < -0.3 is 10.1 Å². The summed E-state index contributed by atoms with van der Waals surface area (Å²) in [5.74, 6) is 0.821. The van der Waals surface area contributed by atoms with Crippen molar-refractivity contribution < 1.29 is 5.11 Å². The molecule has 0 atom stereocenters. The largest absolute Gasteiger partial charge is 0.396 e. The van der Waals surface area contributed by atoms with Gasteiger partial charge in [-0.3, -0.25) is 4.98 Å². The standard InChI is InChI=1S/C11H13N3O/c1-8-11(9-2-5-12-6-3-9)14-10(13-8)4-7-15/h2-3,5-6,15H,4,7H2,1H3,(H,13,14). The van der Waals surface area contributed by atoms with Crippen LogP contribution in [0.3, 0.4) is 0 Å². The number of rotatable bonds is 3. The average Bonchev–Trinajstić information content (AvgIpc) is 2.61. The molecule has 0 amide bonds. The second-order valence-corrected chi connectivity index (χ2v) is 3.37. The van der Waals surface area contributed by atoms with E-state index in [9.17, 15) is 0 Å². The van der Waals surface area contributed by atoms with E-state index in [2.05, 4.69) is 15.0 Å². The number of hydrogen-bond donors (Lipinski definition) is 2. The van der Waals surface area contributed by atoms with Gasteiger partial charge in [-0.25, -0.2) is 4.98 Å². The summed E-state index contributed by atoms with van der Waals surface area (Å²) in [4.78, 5) is 11.5. The van der Waals surface area contributed by atoms with E-state index in [0.29, 0.717) is 6.42 Å². The van der Waals surface area contributed by atoms with E-state index in [-0.39, 0.29) is 6.61 Å². The minimum Gasteiger partial charge on any atom is -0.396 e. The highest BCUT2D eigenvalue weighted by Gasteiger charge is 2.07. The van der Waals surface area contributed by atoms with Crippen molar-refractivity contribution in [3.05, 3.63) is 36.0 Å². The number of aromatic amines is 1. The Hall–Kier alpha value is -1.68. The minimum absolute atomic E-state index is 0.114. The first-order valence-electron chi connectivity index (χ1n) is 4.88. The number of H-pyrrole nitrogens is 1. The predicted molar refractivity (Wildman–Crippen MR) is 57.3 cm³/mol. The zero-order valence-corrected chi connectivity index (χ0v) is 8.57. The van der Waals surface area contributed by atoms with Gasteiger partial charge in [0.25, 0.3) is 0 Å². The highest BCUT2D eigenvalue weighted by atomic mass is 16.3. The molecule has 15 heavy (non-hydrogen) atoms. The van der Waals surface area contributed by atoms with Crippen LogP contribution in [-0.2, 0) is 6.42 Å². The lowest BCUT2D eigenvalue weighted by Crippen LogP contribution is -1.92.